The second-order valence-corrected chi connectivity index (χ2v) is 8.88. The number of halogens is 2. The van der Waals surface area contributed by atoms with E-state index in [0.29, 0.717) is 38.3 Å². The van der Waals surface area contributed by atoms with Gasteiger partial charge in [-0.3, -0.25) is 0 Å². The van der Waals surface area contributed by atoms with Gasteiger partial charge < -0.3 is 25.0 Å². The first-order valence-corrected chi connectivity index (χ1v) is 11.1. The van der Waals surface area contributed by atoms with Crippen LogP contribution >= 0.6 is 0 Å². The smallest absolute Gasteiger partial charge is 0.264 e. The topological polar surface area (TPSA) is 103 Å². The van der Waals surface area contributed by atoms with Gasteiger partial charge >= 0.3 is 0 Å². The third kappa shape index (κ3) is 3.17. The molecule has 0 amide bonds. The van der Waals surface area contributed by atoms with Crippen LogP contribution in [0.25, 0.3) is 11.4 Å². The van der Waals surface area contributed by atoms with Crippen molar-refractivity contribution in [2.75, 3.05) is 42.0 Å². The van der Waals surface area contributed by atoms with E-state index in [1.54, 1.807) is 0 Å². The average molecular weight is 445 g/mol. The number of rotatable bonds is 4. The molecule has 4 bridgehead atoms. The first-order valence-electron chi connectivity index (χ1n) is 11.1. The molecule has 0 spiro atoms. The van der Waals surface area contributed by atoms with E-state index in [9.17, 15) is 8.78 Å². The van der Waals surface area contributed by atoms with Crippen molar-refractivity contribution in [1.29, 1.82) is 0 Å². The van der Waals surface area contributed by atoms with Crippen LogP contribution in [0, 0.1) is 0 Å². The molecule has 4 fully saturated rings. The summed E-state index contributed by atoms with van der Waals surface area (Å²) in [6, 6.07) is 1.94. The summed E-state index contributed by atoms with van der Waals surface area (Å²) in [6.45, 7) is 2.42. The van der Waals surface area contributed by atoms with Gasteiger partial charge in [0.15, 0.2) is 5.82 Å². The minimum atomic E-state index is -2.72. The molecule has 2 N–H and O–H groups in total. The highest BCUT2D eigenvalue weighted by Gasteiger charge is 2.42. The zero-order valence-electron chi connectivity index (χ0n) is 17.5. The number of hydrogen-bond acceptors (Lipinski definition) is 9. The molecule has 170 valence electrons. The Bertz CT molecular complexity index is 945. The van der Waals surface area contributed by atoms with Crippen molar-refractivity contribution in [3.8, 4) is 11.4 Å². The van der Waals surface area contributed by atoms with Crippen LogP contribution in [0.5, 0.6) is 0 Å². The summed E-state index contributed by atoms with van der Waals surface area (Å²) < 4.78 is 39.2. The highest BCUT2D eigenvalue weighted by molar-refractivity contribution is 5.73. The molecular formula is C21H25F2N7O2. The number of nitrogens with zero attached hydrogens (tertiary/aromatic N) is 6. The second kappa shape index (κ2) is 7.73. The number of hydrogen-bond donors (Lipinski definition) is 1. The summed E-state index contributed by atoms with van der Waals surface area (Å²) in [5, 5.41) is 0. The number of alkyl halides is 2. The lowest BCUT2D eigenvalue weighted by atomic mass is 10.1. The fourth-order valence-corrected chi connectivity index (χ4v) is 5.53. The minimum Gasteiger partial charge on any atom is -0.383 e. The Morgan fingerprint density at radius 3 is 1.81 bits per heavy atom. The molecule has 0 aromatic carbocycles. The summed E-state index contributed by atoms with van der Waals surface area (Å²) >= 11 is 0. The number of pyridine rings is 1. The van der Waals surface area contributed by atoms with E-state index < -0.39 is 6.43 Å². The Morgan fingerprint density at radius 2 is 1.34 bits per heavy atom. The fraction of sp³-hybridized carbons (Fsp3) is 0.619. The van der Waals surface area contributed by atoms with Crippen LogP contribution in [0.4, 0.5) is 26.5 Å². The lowest BCUT2D eigenvalue weighted by Gasteiger charge is -2.37. The standard InChI is InChI=1S/C21H25F2N7O2/c22-17(23)15-5-6-25-18(24)16(15)19-26-20(29-11-1-2-12(29)8-31-7-11)28-21(27-19)30-13-3-4-14(30)10-32-9-13/h5-6,11-14,17H,1-4,7-10H2,(H2,24,25). The number of aromatic nitrogens is 4. The van der Waals surface area contributed by atoms with Gasteiger partial charge in [0.25, 0.3) is 6.43 Å². The highest BCUT2D eigenvalue weighted by Crippen LogP contribution is 2.39. The average Bonchev–Trinajstić information content (AvgIpc) is 3.19. The SMILES string of the molecule is Nc1nccc(C(F)F)c1-c1nc(N2C3CCC2COC3)nc(N2C3CCC2COC3)n1. The summed E-state index contributed by atoms with van der Waals surface area (Å²) in [7, 11) is 0. The predicted molar refractivity (Wildman–Crippen MR) is 113 cm³/mol. The Hall–Kier alpha value is -2.66. The summed E-state index contributed by atoms with van der Waals surface area (Å²) in [6.07, 6.45) is 2.51. The van der Waals surface area contributed by atoms with Crippen LogP contribution in [0.15, 0.2) is 12.3 Å². The lowest BCUT2D eigenvalue weighted by Crippen LogP contribution is -2.48. The molecule has 4 atom stereocenters. The van der Waals surface area contributed by atoms with Crippen molar-refractivity contribution in [1.82, 2.24) is 19.9 Å². The molecule has 0 radical (unpaired) electrons. The van der Waals surface area contributed by atoms with Crippen LogP contribution in [-0.4, -0.2) is 70.5 Å². The zero-order valence-corrected chi connectivity index (χ0v) is 17.5. The third-order valence-electron chi connectivity index (χ3n) is 7.03. The molecule has 11 heteroatoms. The van der Waals surface area contributed by atoms with E-state index in [4.69, 9.17) is 20.2 Å². The predicted octanol–water partition coefficient (Wildman–Crippen LogP) is 2.19. The quantitative estimate of drug-likeness (QED) is 0.759. The number of ether oxygens (including phenoxy) is 2. The fourth-order valence-electron chi connectivity index (χ4n) is 5.53. The molecule has 32 heavy (non-hydrogen) atoms. The second-order valence-electron chi connectivity index (χ2n) is 8.88. The molecule has 4 unspecified atom stereocenters. The monoisotopic (exact) mass is 445 g/mol. The molecule has 6 rings (SSSR count). The largest absolute Gasteiger partial charge is 0.383 e. The number of nitrogens with two attached hydrogens (primary N) is 1. The van der Waals surface area contributed by atoms with Crippen LogP contribution in [0.3, 0.4) is 0 Å². The zero-order chi connectivity index (χ0) is 21.8. The molecular weight excluding hydrogens is 420 g/mol. The van der Waals surface area contributed by atoms with Gasteiger partial charge in [0.2, 0.25) is 11.9 Å². The van der Waals surface area contributed by atoms with Crippen LogP contribution in [-0.2, 0) is 9.47 Å². The first-order chi connectivity index (χ1) is 15.6. The maximum absolute atomic E-state index is 13.9. The Balaban J connectivity index is 1.51. The van der Waals surface area contributed by atoms with Crippen LogP contribution in [0.2, 0.25) is 0 Å². The minimum absolute atomic E-state index is 0.0131. The molecule has 6 heterocycles. The van der Waals surface area contributed by atoms with Crippen molar-refractivity contribution < 1.29 is 18.3 Å². The van der Waals surface area contributed by atoms with Crippen molar-refractivity contribution in [3.63, 3.8) is 0 Å². The van der Waals surface area contributed by atoms with Gasteiger partial charge in [-0.25, -0.2) is 13.8 Å². The van der Waals surface area contributed by atoms with Gasteiger partial charge in [-0.2, -0.15) is 15.0 Å². The molecule has 0 saturated carbocycles. The molecule has 0 aliphatic carbocycles. The van der Waals surface area contributed by atoms with E-state index in [-0.39, 0.29) is 46.9 Å². The van der Waals surface area contributed by atoms with Crippen LogP contribution in [0.1, 0.15) is 37.7 Å². The van der Waals surface area contributed by atoms with Gasteiger partial charge in [-0.05, 0) is 31.7 Å². The highest BCUT2D eigenvalue weighted by atomic mass is 19.3. The maximum Gasteiger partial charge on any atom is 0.264 e. The number of morpholine rings is 2. The number of anilines is 3. The lowest BCUT2D eigenvalue weighted by molar-refractivity contribution is 0.0885. The van der Waals surface area contributed by atoms with Gasteiger partial charge in [-0.1, -0.05) is 0 Å². The molecule has 4 aliphatic heterocycles. The van der Waals surface area contributed by atoms with Crippen molar-refractivity contribution in [2.45, 2.75) is 56.3 Å². The Morgan fingerprint density at radius 1 is 0.844 bits per heavy atom. The Kier molecular flexibility index (Phi) is 4.83. The van der Waals surface area contributed by atoms with Gasteiger partial charge in [-0.15, -0.1) is 0 Å². The molecule has 4 aliphatic rings. The van der Waals surface area contributed by atoms with E-state index in [1.165, 1.54) is 12.3 Å². The Labute approximate surface area is 184 Å². The molecule has 9 nitrogen and oxygen atoms in total. The third-order valence-corrected chi connectivity index (χ3v) is 7.03. The van der Waals surface area contributed by atoms with Gasteiger partial charge in [0.05, 0.1) is 56.2 Å². The van der Waals surface area contributed by atoms with E-state index in [2.05, 4.69) is 24.8 Å². The van der Waals surface area contributed by atoms with Gasteiger partial charge in [0, 0.05) is 11.8 Å². The number of nitrogen functional groups attached to an aromatic ring is 1. The van der Waals surface area contributed by atoms with Crippen molar-refractivity contribution in [3.05, 3.63) is 17.8 Å². The van der Waals surface area contributed by atoms with E-state index >= 15 is 0 Å². The summed E-state index contributed by atoms with van der Waals surface area (Å²) in [5.74, 6) is 1.12. The first kappa shape index (κ1) is 20.0. The van der Waals surface area contributed by atoms with Gasteiger partial charge in [0.1, 0.15) is 5.82 Å². The molecule has 4 saturated heterocycles. The van der Waals surface area contributed by atoms with E-state index in [1.807, 2.05) is 0 Å². The summed E-state index contributed by atoms with van der Waals surface area (Å²) in [4.78, 5) is 22.6. The summed E-state index contributed by atoms with van der Waals surface area (Å²) in [5.41, 5.74) is 5.92. The maximum atomic E-state index is 13.9. The normalized spacial score (nSPS) is 29.2. The number of fused-ring (bicyclic) bond motifs is 4. The van der Waals surface area contributed by atoms with Crippen molar-refractivity contribution >= 4 is 17.7 Å². The van der Waals surface area contributed by atoms with Crippen molar-refractivity contribution in [2.24, 2.45) is 0 Å². The molecule has 2 aromatic rings. The van der Waals surface area contributed by atoms with Crippen LogP contribution < -0.4 is 15.5 Å². The van der Waals surface area contributed by atoms with E-state index in [0.717, 1.165) is 25.7 Å². The molecule has 2 aromatic heterocycles.